The number of likely N-dealkylation sites (tertiary alicyclic amines) is 1. The number of rotatable bonds is 4. The molecular weight excluding hydrogens is 242 g/mol. The van der Waals surface area contributed by atoms with Crippen LogP contribution in [0.3, 0.4) is 0 Å². The number of nitrogens with two attached hydrogens (primary N) is 1. The predicted molar refractivity (Wildman–Crippen MR) is 75.4 cm³/mol. The van der Waals surface area contributed by atoms with E-state index in [4.69, 9.17) is 5.73 Å². The minimum Gasteiger partial charge on any atom is -0.346 e. The van der Waals surface area contributed by atoms with Crippen LogP contribution in [0.2, 0.25) is 0 Å². The van der Waals surface area contributed by atoms with Crippen molar-refractivity contribution < 1.29 is 9.59 Å². The average Bonchev–Trinajstić information content (AvgIpc) is 2.37. The topological polar surface area (TPSA) is 75.4 Å². The summed E-state index contributed by atoms with van der Waals surface area (Å²) < 4.78 is 0. The molecule has 1 aliphatic heterocycles. The SMILES string of the molecule is CC1CCC(C)N(C(=O)CNC(=O)[C@@H](N)C(C)C)C1. The number of nitrogens with one attached hydrogen (secondary N) is 1. The van der Waals surface area contributed by atoms with Crippen molar-refractivity contribution in [1.82, 2.24) is 10.2 Å². The van der Waals surface area contributed by atoms with Crippen molar-refractivity contribution in [2.75, 3.05) is 13.1 Å². The van der Waals surface area contributed by atoms with Gasteiger partial charge in [0, 0.05) is 12.6 Å². The van der Waals surface area contributed by atoms with Gasteiger partial charge in [0.25, 0.3) is 0 Å². The Morgan fingerprint density at radius 2 is 1.95 bits per heavy atom. The van der Waals surface area contributed by atoms with E-state index in [-0.39, 0.29) is 30.3 Å². The number of amides is 2. The van der Waals surface area contributed by atoms with E-state index in [2.05, 4.69) is 19.2 Å². The smallest absolute Gasteiger partial charge is 0.242 e. The van der Waals surface area contributed by atoms with E-state index in [0.717, 1.165) is 19.4 Å². The van der Waals surface area contributed by atoms with Crippen molar-refractivity contribution in [2.24, 2.45) is 17.6 Å². The molecule has 1 aliphatic rings. The van der Waals surface area contributed by atoms with Gasteiger partial charge in [-0.15, -0.1) is 0 Å². The normalized spacial score (nSPS) is 25.3. The molecule has 0 bridgehead atoms. The molecule has 1 rings (SSSR count). The van der Waals surface area contributed by atoms with Crippen LogP contribution in [0.25, 0.3) is 0 Å². The first-order chi connectivity index (χ1) is 8.82. The first-order valence-electron chi connectivity index (χ1n) is 7.15. The molecule has 5 nitrogen and oxygen atoms in total. The number of hydrogen-bond acceptors (Lipinski definition) is 3. The van der Waals surface area contributed by atoms with Gasteiger partial charge in [-0.25, -0.2) is 0 Å². The second kappa shape index (κ2) is 6.89. The number of piperidine rings is 1. The molecule has 1 fully saturated rings. The lowest BCUT2D eigenvalue weighted by Crippen LogP contribution is -2.51. The fourth-order valence-corrected chi connectivity index (χ4v) is 2.32. The molecule has 0 aromatic rings. The Morgan fingerprint density at radius 3 is 2.53 bits per heavy atom. The third-order valence-corrected chi connectivity index (χ3v) is 3.87. The highest BCUT2D eigenvalue weighted by molar-refractivity contribution is 5.87. The molecule has 3 N–H and O–H groups in total. The van der Waals surface area contributed by atoms with Crippen LogP contribution in [0.4, 0.5) is 0 Å². The summed E-state index contributed by atoms with van der Waals surface area (Å²) in [5.74, 6) is 0.349. The molecule has 0 saturated carbocycles. The lowest BCUT2D eigenvalue weighted by atomic mass is 9.95. The number of carbonyl (C=O) groups is 2. The molecule has 0 aromatic heterocycles. The average molecular weight is 269 g/mol. The van der Waals surface area contributed by atoms with Gasteiger partial charge >= 0.3 is 0 Å². The van der Waals surface area contributed by atoms with Crippen LogP contribution in [0.15, 0.2) is 0 Å². The highest BCUT2D eigenvalue weighted by atomic mass is 16.2. The van der Waals surface area contributed by atoms with Crippen molar-refractivity contribution in [3.63, 3.8) is 0 Å². The van der Waals surface area contributed by atoms with Crippen LogP contribution >= 0.6 is 0 Å². The summed E-state index contributed by atoms with van der Waals surface area (Å²) in [5.41, 5.74) is 5.74. The van der Waals surface area contributed by atoms with Crippen molar-refractivity contribution >= 4 is 11.8 Å². The van der Waals surface area contributed by atoms with Gasteiger partial charge in [0.1, 0.15) is 0 Å². The van der Waals surface area contributed by atoms with E-state index in [1.807, 2.05) is 18.7 Å². The largest absolute Gasteiger partial charge is 0.346 e. The molecule has 0 aliphatic carbocycles. The molecule has 1 heterocycles. The summed E-state index contributed by atoms with van der Waals surface area (Å²) in [6, 6.07) is -0.287. The Hall–Kier alpha value is -1.10. The van der Waals surface area contributed by atoms with E-state index >= 15 is 0 Å². The second-order valence-corrected chi connectivity index (χ2v) is 6.07. The molecule has 2 unspecified atom stereocenters. The Kier molecular flexibility index (Phi) is 5.79. The molecule has 19 heavy (non-hydrogen) atoms. The summed E-state index contributed by atoms with van der Waals surface area (Å²) in [7, 11) is 0. The maximum absolute atomic E-state index is 12.1. The highest BCUT2D eigenvalue weighted by Crippen LogP contribution is 2.21. The van der Waals surface area contributed by atoms with Gasteiger partial charge < -0.3 is 16.0 Å². The molecular formula is C14H27N3O2. The zero-order valence-corrected chi connectivity index (χ0v) is 12.5. The lowest BCUT2D eigenvalue weighted by molar-refractivity contribution is -0.136. The quantitative estimate of drug-likeness (QED) is 0.790. The minimum atomic E-state index is -0.550. The second-order valence-electron chi connectivity index (χ2n) is 6.07. The number of nitrogens with zero attached hydrogens (tertiary/aromatic N) is 1. The van der Waals surface area contributed by atoms with Crippen molar-refractivity contribution in [3.8, 4) is 0 Å². The standard InChI is InChI=1S/C14H27N3O2/c1-9(2)13(15)14(19)16-7-12(18)17-8-10(3)5-6-11(17)4/h9-11,13H,5-8,15H2,1-4H3,(H,16,19)/t10?,11?,13-/m0/s1. The highest BCUT2D eigenvalue weighted by Gasteiger charge is 2.27. The predicted octanol–water partition coefficient (Wildman–Crippen LogP) is 0.733. The molecule has 0 aromatic carbocycles. The fraction of sp³-hybridized carbons (Fsp3) is 0.857. The van der Waals surface area contributed by atoms with Crippen molar-refractivity contribution in [3.05, 3.63) is 0 Å². The zero-order valence-electron chi connectivity index (χ0n) is 12.5. The molecule has 1 saturated heterocycles. The maximum Gasteiger partial charge on any atom is 0.242 e. The van der Waals surface area contributed by atoms with Gasteiger partial charge in [0.15, 0.2) is 0 Å². The van der Waals surface area contributed by atoms with Gasteiger partial charge in [0.05, 0.1) is 12.6 Å². The Labute approximate surface area is 115 Å². The lowest BCUT2D eigenvalue weighted by Gasteiger charge is -2.37. The third kappa shape index (κ3) is 4.49. The summed E-state index contributed by atoms with van der Waals surface area (Å²) in [6.07, 6.45) is 2.20. The Morgan fingerprint density at radius 1 is 1.32 bits per heavy atom. The summed E-state index contributed by atoms with van der Waals surface area (Å²) in [5, 5.41) is 2.64. The van der Waals surface area contributed by atoms with Crippen LogP contribution in [0.5, 0.6) is 0 Å². The van der Waals surface area contributed by atoms with Crippen LogP contribution < -0.4 is 11.1 Å². The fourth-order valence-electron chi connectivity index (χ4n) is 2.32. The van der Waals surface area contributed by atoms with Gasteiger partial charge in [-0.2, -0.15) is 0 Å². The van der Waals surface area contributed by atoms with E-state index in [1.165, 1.54) is 0 Å². The summed E-state index contributed by atoms with van der Waals surface area (Å²) in [6.45, 7) is 8.83. The number of hydrogen-bond donors (Lipinski definition) is 2. The monoisotopic (exact) mass is 269 g/mol. The van der Waals surface area contributed by atoms with Gasteiger partial charge in [-0.05, 0) is 31.6 Å². The van der Waals surface area contributed by atoms with Crippen LogP contribution in [0, 0.1) is 11.8 Å². The van der Waals surface area contributed by atoms with Gasteiger partial charge in [-0.3, -0.25) is 9.59 Å². The molecule has 3 atom stereocenters. The molecule has 0 spiro atoms. The van der Waals surface area contributed by atoms with Crippen molar-refractivity contribution in [2.45, 2.75) is 52.6 Å². The van der Waals surface area contributed by atoms with E-state index < -0.39 is 6.04 Å². The van der Waals surface area contributed by atoms with Gasteiger partial charge in [-0.1, -0.05) is 20.8 Å². The van der Waals surface area contributed by atoms with Crippen LogP contribution in [-0.4, -0.2) is 41.9 Å². The summed E-state index contributed by atoms with van der Waals surface area (Å²) in [4.78, 5) is 25.7. The molecule has 110 valence electrons. The number of carbonyl (C=O) groups excluding carboxylic acids is 2. The third-order valence-electron chi connectivity index (χ3n) is 3.87. The molecule has 2 amide bonds. The molecule has 5 heteroatoms. The van der Waals surface area contributed by atoms with E-state index in [1.54, 1.807) is 0 Å². The maximum atomic E-state index is 12.1. The van der Waals surface area contributed by atoms with E-state index in [0.29, 0.717) is 5.92 Å². The first-order valence-corrected chi connectivity index (χ1v) is 7.15. The molecule has 0 radical (unpaired) electrons. The summed E-state index contributed by atoms with van der Waals surface area (Å²) >= 11 is 0. The van der Waals surface area contributed by atoms with Crippen LogP contribution in [-0.2, 0) is 9.59 Å². The Balaban J connectivity index is 2.44. The van der Waals surface area contributed by atoms with Crippen LogP contribution in [0.1, 0.15) is 40.5 Å². The zero-order chi connectivity index (χ0) is 14.6. The van der Waals surface area contributed by atoms with Gasteiger partial charge in [0.2, 0.25) is 11.8 Å². The first kappa shape index (κ1) is 16.0. The Bertz CT molecular complexity index is 331. The van der Waals surface area contributed by atoms with E-state index in [9.17, 15) is 9.59 Å². The minimum absolute atomic E-state index is 0.0108. The van der Waals surface area contributed by atoms with Crippen molar-refractivity contribution in [1.29, 1.82) is 0 Å².